The Morgan fingerprint density at radius 1 is 1.23 bits per heavy atom. The van der Waals surface area contributed by atoms with Gasteiger partial charge in [0.05, 0.1) is 11.5 Å². The first-order chi connectivity index (χ1) is 14.4. The van der Waals surface area contributed by atoms with Crippen LogP contribution >= 0.6 is 0 Å². The number of rotatable bonds is 7. The van der Waals surface area contributed by atoms with Gasteiger partial charge in [-0.3, -0.25) is 19.7 Å². The number of anilines is 1. The molecular weight excluding hydrogens is 386 g/mol. The van der Waals surface area contributed by atoms with Crippen molar-refractivity contribution in [3.8, 4) is 0 Å². The summed E-state index contributed by atoms with van der Waals surface area (Å²) < 4.78 is 0. The standard InChI is InChI=1S/C21H29N5O4/c1-16-7-6-8-17(13-16)22-19(14-26(29)30)23-18-9-2-3-12-25(21(18)28)15-20(27)24-10-4-5-11-24/h6-8,13-14,18,22-23H,2-5,9-12,15H2,1H3/b19-14+. The second-order valence-corrected chi connectivity index (χ2v) is 7.86. The summed E-state index contributed by atoms with van der Waals surface area (Å²) in [5.41, 5.74) is 1.70. The van der Waals surface area contributed by atoms with E-state index in [0.29, 0.717) is 18.7 Å². The van der Waals surface area contributed by atoms with Gasteiger partial charge in [0.2, 0.25) is 11.8 Å². The summed E-state index contributed by atoms with van der Waals surface area (Å²) in [7, 11) is 0. The first-order valence-electron chi connectivity index (χ1n) is 10.4. The van der Waals surface area contributed by atoms with Crippen LogP contribution in [0.1, 0.15) is 37.7 Å². The maximum Gasteiger partial charge on any atom is 0.274 e. The number of aryl methyl sites for hydroxylation is 1. The van der Waals surface area contributed by atoms with E-state index in [2.05, 4.69) is 10.6 Å². The zero-order valence-corrected chi connectivity index (χ0v) is 17.3. The van der Waals surface area contributed by atoms with Crippen LogP contribution < -0.4 is 10.6 Å². The van der Waals surface area contributed by atoms with Crippen LogP contribution in [-0.4, -0.2) is 58.8 Å². The van der Waals surface area contributed by atoms with Crippen molar-refractivity contribution in [2.45, 2.75) is 45.1 Å². The molecule has 0 aromatic heterocycles. The Balaban J connectivity index is 1.69. The number of hydrogen-bond acceptors (Lipinski definition) is 6. The fourth-order valence-corrected chi connectivity index (χ4v) is 3.90. The van der Waals surface area contributed by atoms with Crippen molar-refractivity contribution in [2.24, 2.45) is 0 Å². The van der Waals surface area contributed by atoms with E-state index in [-0.39, 0.29) is 24.2 Å². The Kier molecular flexibility index (Phi) is 7.26. The molecule has 1 unspecified atom stereocenters. The maximum absolute atomic E-state index is 13.1. The summed E-state index contributed by atoms with van der Waals surface area (Å²) in [6.45, 7) is 4.02. The SMILES string of the molecule is Cc1cccc(N/C(=C\[N+](=O)[O-])NC2CCCCN(CC(=O)N3CCCC3)C2=O)c1. The van der Waals surface area contributed by atoms with Crippen molar-refractivity contribution >= 4 is 17.5 Å². The second kappa shape index (κ2) is 10.1. The minimum Gasteiger partial charge on any atom is -0.355 e. The van der Waals surface area contributed by atoms with Crippen LogP contribution in [0.3, 0.4) is 0 Å². The molecule has 9 nitrogen and oxygen atoms in total. The third kappa shape index (κ3) is 5.95. The summed E-state index contributed by atoms with van der Waals surface area (Å²) in [4.78, 5) is 39.6. The van der Waals surface area contributed by atoms with Crippen molar-refractivity contribution < 1.29 is 14.5 Å². The van der Waals surface area contributed by atoms with Gasteiger partial charge in [-0.2, -0.15) is 0 Å². The van der Waals surface area contributed by atoms with Crippen LogP contribution in [0.4, 0.5) is 5.69 Å². The predicted molar refractivity (Wildman–Crippen MR) is 113 cm³/mol. The van der Waals surface area contributed by atoms with Gasteiger partial charge in [0.15, 0.2) is 5.82 Å². The Hall–Kier alpha value is -3.10. The van der Waals surface area contributed by atoms with E-state index in [1.807, 2.05) is 25.1 Å². The minimum atomic E-state index is -0.623. The first kappa shape index (κ1) is 21.6. The van der Waals surface area contributed by atoms with Crippen LogP contribution in [0.5, 0.6) is 0 Å². The molecule has 2 aliphatic heterocycles. The quantitative estimate of drug-likeness (QED) is 0.521. The largest absolute Gasteiger partial charge is 0.355 e. The molecule has 3 rings (SSSR count). The highest BCUT2D eigenvalue weighted by molar-refractivity contribution is 5.88. The summed E-state index contributed by atoms with van der Waals surface area (Å²) in [5, 5.41) is 17.1. The number of nitrogens with zero attached hydrogens (tertiary/aromatic N) is 3. The third-order valence-electron chi connectivity index (χ3n) is 5.43. The van der Waals surface area contributed by atoms with Gasteiger partial charge in [-0.25, -0.2) is 0 Å². The monoisotopic (exact) mass is 415 g/mol. The zero-order chi connectivity index (χ0) is 21.5. The highest BCUT2D eigenvalue weighted by atomic mass is 16.6. The van der Waals surface area contributed by atoms with Crippen molar-refractivity contribution in [1.82, 2.24) is 15.1 Å². The molecule has 0 aliphatic carbocycles. The van der Waals surface area contributed by atoms with E-state index in [1.165, 1.54) is 0 Å². The smallest absolute Gasteiger partial charge is 0.274 e. The summed E-state index contributed by atoms with van der Waals surface area (Å²) >= 11 is 0. The lowest BCUT2D eigenvalue weighted by atomic mass is 10.1. The van der Waals surface area contributed by atoms with Crippen LogP contribution in [0.25, 0.3) is 0 Å². The van der Waals surface area contributed by atoms with Gasteiger partial charge in [0.25, 0.3) is 6.20 Å². The normalized spacial score (nSPS) is 20.1. The molecular formula is C21H29N5O4. The molecule has 2 N–H and O–H groups in total. The van der Waals surface area contributed by atoms with Gasteiger partial charge in [0, 0.05) is 25.3 Å². The van der Waals surface area contributed by atoms with Gasteiger partial charge in [-0.15, -0.1) is 0 Å². The molecule has 0 saturated carbocycles. The summed E-state index contributed by atoms with van der Waals surface area (Å²) in [6.07, 6.45) is 5.00. The molecule has 1 aromatic carbocycles. The highest BCUT2D eigenvalue weighted by Gasteiger charge is 2.30. The van der Waals surface area contributed by atoms with Gasteiger partial charge < -0.3 is 20.4 Å². The molecule has 0 bridgehead atoms. The number of carbonyl (C=O) groups is 2. The number of likely N-dealkylation sites (tertiary alicyclic amines) is 2. The van der Waals surface area contributed by atoms with Gasteiger partial charge in [-0.05, 0) is 56.7 Å². The van der Waals surface area contributed by atoms with Crippen LogP contribution in [-0.2, 0) is 9.59 Å². The maximum atomic E-state index is 13.1. The fraction of sp³-hybridized carbons (Fsp3) is 0.524. The number of carbonyl (C=O) groups excluding carboxylic acids is 2. The molecule has 2 amide bonds. The molecule has 0 spiro atoms. The van der Waals surface area contributed by atoms with Crippen LogP contribution in [0.2, 0.25) is 0 Å². The number of nitro groups is 1. The summed E-state index contributed by atoms with van der Waals surface area (Å²) in [5.74, 6) is -0.0718. The topological polar surface area (TPSA) is 108 Å². The molecule has 0 radical (unpaired) electrons. The van der Waals surface area contributed by atoms with Gasteiger partial charge in [0.1, 0.15) is 6.04 Å². The van der Waals surface area contributed by atoms with Crippen molar-refractivity contribution in [3.05, 3.63) is 52.0 Å². The van der Waals surface area contributed by atoms with E-state index >= 15 is 0 Å². The van der Waals surface area contributed by atoms with Crippen LogP contribution in [0, 0.1) is 17.0 Å². The average molecular weight is 415 g/mol. The second-order valence-electron chi connectivity index (χ2n) is 7.86. The minimum absolute atomic E-state index is 0.0274. The summed E-state index contributed by atoms with van der Waals surface area (Å²) in [6, 6.07) is 6.83. The molecule has 2 saturated heterocycles. The first-order valence-corrected chi connectivity index (χ1v) is 10.4. The molecule has 162 valence electrons. The molecule has 9 heteroatoms. The van der Waals surface area contributed by atoms with Gasteiger partial charge in [-0.1, -0.05) is 12.1 Å². The van der Waals surface area contributed by atoms with E-state index in [1.54, 1.807) is 15.9 Å². The number of amides is 2. The Bertz CT molecular complexity index is 819. The predicted octanol–water partition coefficient (Wildman–Crippen LogP) is 2.08. The third-order valence-corrected chi connectivity index (χ3v) is 5.43. The molecule has 1 aromatic rings. The molecule has 2 heterocycles. The zero-order valence-electron chi connectivity index (χ0n) is 17.3. The van der Waals surface area contributed by atoms with E-state index < -0.39 is 11.0 Å². The highest BCUT2D eigenvalue weighted by Crippen LogP contribution is 2.17. The fourth-order valence-electron chi connectivity index (χ4n) is 3.90. The lowest BCUT2D eigenvalue weighted by Gasteiger charge is -2.27. The number of nitrogens with one attached hydrogen (secondary N) is 2. The number of benzene rings is 1. The van der Waals surface area contributed by atoms with Gasteiger partial charge >= 0.3 is 0 Å². The Morgan fingerprint density at radius 2 is 1.97 bits per heavy atom. The van der Waals surface area contributed by atoms with E-state index in [4.69, 9.17) is 0 Å². The van der Waals surface area contributed by atoms with E-state index in [9.17, 15) is 19.7 Å². The Labute approximate surface area is 176 Å². The molecule has 1 atom stereocenters. The molecule has 2 fully saturated rings. The van der Waals surface area contributed by atoms with Crippen molar-refractivity contribution in [3.63, 3.8) is 0 Å². The lowest BCUT2D eigenvalue weighted by Crippen LogP contribution is -2.49. The van der Waals surface area contributed by atoms with Crippen molar-refractivity contribution in [2.75, 3.05) is 31.5 Å². The molecule has 2 aliphatic rings. The average Bonchev–Trinajstić information content (AvgIpc) is 3.17. The van der Waals surface area contributed by atoms with Crippen molar-refractivity contribution in [1.29, 1.82) is 0 Å². The van der Waals surface area contributed by atoms with Crippen LogP contribution in [0.15, 0.2) is 36.3 Å². The molecule has 30 heavy (non-hydrogen) atoms. The lowest BCUT2D eigenvalue weighted by molar-refractivity contribution is -0.403. The number of hydrogen-bond donors (Lipinski definition) is 2. The van der Waals surface area contributed by atoms with E-state index in [0.717, 1.165) is 50.5 Å². The Morgan fingerprint density at radius 3 is 2.67 bits per heavy atom.